The molecule has 0 bridgehead atoms. The minimum absolute atomic E-state index is 0.0153. The third kappa shape index (κ3) is 10.6. The first-order valence-electron chi connectivity index (χ1n) is 15.3. The summed E-state index contributed by atoms with van der Waals surface area (Å²) in [4.78, 5) is 27.6. The quantitative estimate of drug-likeness (QED) is 0.228. The molecule has 0 aromatic heterocycles. The van der Waals surface area contributed by atoms with Crippen molar-refractivity contribution < 1.29 is 51.2 Å². The molecule has 2 aliphatic heterocycles. The Morgan fingerprint density at radius 2 is 1.66 bits per heavy atom. The van der Waals surface area contributed by atoms with Gasteiger partial charge in [-0.2, -0.15) is 8.42 Å². The maximum atomic E-state index is 12.4. The fraction of sp³-hybridized carbons (Fsp3) is 0.500. The second-order valence-electron chi connectivity index (χ2n) is 12.1. The summed E-state index contributed by atoms with van der Waals surface area (Å²) >= 11 is 0. The van der Waals surface area contributed by atoms with E-state index in [2.05, 4.69) is 0 Å². The van der Waals surface area contributed by atoms with Crippen LogP contribution < -0.4 is 14.9 Å². The minimum atomic E-state index is -3.80. The average molecular weight is 677 g/mol. The predicted octanol–water partition coefficient (Wildman–Crippen LogP) is 3.00. The van der Waals surface area contributed by atoms with Crippen LogP contribution in [0.3, 0.4) is 0 Å². The summed E-state index contributed by atoms with van der Waals surface area (Å²) in [5, 5.41) is 17.8. The SMILES string of the molecule is CCN(CC)C(=O)c1ccc(B(O)O)cc1.COCOc1cccc2c1C(OS(C)(=O)=O)=CC1(CCN(C(=O)OC(C)(C)C)CC1)O2. The Labute approximate surface area is 277 Å². The molecule has 47 heavy (non-hydrogen) atoms. The van der Waals surface area contributed by atoms with E-state index >= 15 is 0 Å². The summed E-state index contributed by atoms with van der Waals surface area (Å²) in [7, 11) is -3.80. The first-order chi connectivity index (χ1) is 22.0. The molecule has 0 aliphatic carbocycles. The second kappa shape index (κ2) is 15.9. The normalized spacial score (nSPS) is 15.3. The number of nitrogens with zero attached hydrogens (tertiary/aromatic N) is 2. The van der Waals surface area contributed by atoms with Gasteiger partial charge in [0.1, 0.15) is 28.3 Å². The van der Waals surface area contributed by atoms with Crippen LogP contribution in [0, 0.1) is 0 Å². The lowest BCUT2D eigenvalue weighted by molar-refractivity contribution is -0.00184. The Balaban J connectivity index is 0.000000316. The van der Waals surface area contributed by atoms with Gasteiger partial charge in [0.15, 0.2) is 12.6 Å². The predicted molar refractivity (Wildman–Crippen MR) is 177 cm³/mol. The Kier molecular flexibility index (Phi) is 12.7. The van der Waals surface area contributed by atoms with Gasteiger partial charge in [-0.15, -0.1) is 0 Å². The number of ether oxygens (including phenoxy) is 4. The number of carbonyl (C=O) groups is 2. The number of amides is 2. The highest BCUT2D eigenvalue weighted by Gasteiger charge is 2.42. The highest BCUT2D eigenvalue weighted by atomic mass is 32.2. The molecule has 0 saturated carbocycles. The zero-order chi connectivity index (χ0) is 35.0. The van der Waals surface area contributed by atoms with Crippen LogP contribution in [0.2, 0.25) is 0 Å². The number of carbonyl (C=O) groups excluding carboxylic acids is 2. The highest BCUT2D eigenvalue weighted by Crippen LogP contribution is 2.45. The lowest BCUT2D eigenvalue weighted by Gasteiger charge is -2.42. The molecule has 0 unspecified atom stereocenters. The van der Waals surface area contributed by atoms with Gasteiger partial charge in [-0.3, -0.25) is 4.79 Å². The van der Waals surface area contributed by atoms with E-state index < -0.39 is 28.4 Å². The van der Waals surface area contributed by atoms with Crippen LogP contribution >= 0.6 is 0 Å². The Bertz CT molecular complexity index is 1510. The van der Waals surface area contributed by atoms with Gasteiger partial charge in [0.2, 0.25) is 0 Å². The van der Waals surface area contributed by atoms with Crippen molar-refractivity contribution >= 4 is 40.5 Å². The first-order valence-corrected chi connectivity index (χ1v) is 17.1. The van der Waals surface area contributed by atoms with Crippen LogP contribution in [-0.2, 0) is 23.8 Å². The molecule has 2 aromatic carbocycles. The summed E-state index contributed by atoms with van der Waals surface area (Å²) in [5.74, 6) is 0.931. The second-order valence-corrected chi connectivity index (χ2v) is 13.7. The largest absolute Gasteiger partial charge is 0.488 e. The molecule has 15 heteroatoms. The van der Waals surface area contributed by atoms with E-state index in [1.807, 2.05) is 34.6 Å². The smallest absolute Gasteiger partial charge is 0.482 e. The van der Waals surface area contributed by atoms with Gasteiger partial charge in [0.25, 0.3) is 5.91 Å². The zero-order valence-corrected chi connectivity index (χ0v) is 28.8. The van der Waals surface area contributed by atoms with E-state index in [0.29, 0.717) is 67.1 Å². The molecule has 1 saturated heterocycles. The topological polar surface area (TPSA) is 161 Å². The number of fused-ring (bicyclic) bond motifs is 1. The molecule has 1 fully saturated rings. The van der Waals surface area contributed by atoms with E-state index in [0.717, 1.165) is 6.26 Å². The van der Waals surface area contributed by atoms with E-state index in [1.54, 1.807) is 58.3 Å². The summed E-state index contributed by atoms with van der Waals surface area (Å²) in [6.07, 6.45) is 3.17. The van der Waals surface area contributed by atoms with Crippen LogP contribution in [0.1, 0.15) is 63.4 Å². The highest BCUT2D eigenvalue weighted by molar-refractivity contribution is 7.86. The van der Waals surface area contributed by atoms with Crippen LogP contribution in [0.5, 0.6) is 11.5 Å². The van der Waals surface area contributed by atoms with E-state index in [-0.39, 0.29) is 24.6 Å². The Hall–Kier alpha value is -3.79. The van der Waals surface area contributed by atoms with Gasteiger partial charge in [0.05, 0.1) is 6.26 Å². The fourth-order valence-electron chi connectivity index (χ4n) is 5.00. The minimum Gasteiger partial charge on any atom is -0.482 e. The Morgan fingerprint density at radius 1 is 1.04 bits per heavy atom. The monoisotopic (exact) mass is 676 g/mol. The molecule has 258 valence electrons. The van der Waals surface area contributed by atoms with E-state index in [9.17, 15) is 18.0 Å². The number of methoxy groups -OCH3 is 1. The van der Waals surface area contributed by atoms with E-state index in [1.165, 1.54) is 7.11 Å². The van der Waals surface area contributed by atoms with Crippen molar-refractivity contribution in [3.63, 3.8) is 0 Å². The number of piperidine rings is 1. The van der Waals surface area contributed by atoms with Crippen LogP contribution in [-0.4, -0.2) is 105 Å². The molecule has 0 radical (unpaired) electrons. The summed E-state index contributed by atoms with van der Waals surface area (Å²) in [5.41, 5.74) is -0.0400. The molecule has 2 N–H and O–H groups in total. The number of likely N-dealkylation sites (tertiary alicyclic amines) is 1. The standard InChI is InChI=1S/C21H29NO8S.C11H16BNO3/c1-20(2,3)29-19(23)22-11-9-21(10-12-22)13-17(30-31(5,24)25)18-15(27-14-26-4)7-6-8-16(18)28-21;1-3-13(4-2)11(14)9-5-7-10(8-6-9)12(15)16/h6-8,13H,9-12,14H2,1-5H3;5-8,15-16H,3-4H2,1-2H3. The maximum Gasteiger partial charge on any atom is 0.488 e. The first kappa shape index (κ1) is 37.7. The zero-order valence-electron chi connectivity index (χ0n) is 28.0. The molecule has 13 nitrogen and oxygen atoms in total. The average Bonchev–Trinajstić information content (AvgIpc) is 2.99. The van der Waals surface area contributed by atoms with Crippen LogP contribution in [0.15, 0.2) is 48.5 Å². The third-order valence-electron chi connectivity index (χ3n) is 7.28. The van der Waals surface area contributed by atoms with Gasteiger partial charge < -0.3 is 43.0 Å². The third-order valence-corrected chi connectivity index (χ3v) is 7.77. The van der Waals surface area contributed by atoms with E-state index in [4.69, 9.17) is 33.2 Å². The van der Waals surface area contributed by atoms with Crippen molar-refractivity contribution in [2.75, 3.05) is 46.3 Å². The van der Waals surface area contributed by atoms with Crippen molar-refractivity contribution in [2.45, 2.75) is 58.7 Å². The van der Waals surface area contributed by atoms with Crippen molar-refractivity contribution in [1.29, 1.82) is 0 Å². The number of hydrogen-bond donors (Lipinski definition) is 2. The number of hydrogen-bond acceptors (Lipinski definition) is 11. The van der Waals surface area contributed by atoms with Gasteiger partial charge in [0, 0.05) is 57.8 Å². The lowest BCUT2D eigenvalue weighted by Crippen LogP contribution is -2.50. The molecular weight excluding hydrogens is 631 g/mol. The van der Waals surface area contributed by atoms with Crippen molar-refractivity contribution in [3.8, 4) is 11.5 Å². The summed E-state index contributed by atoms with van der Waals surface area (Å²) in [6.45, 7) is 11.4. The van der Waals surface area contributed by atoms with Crippen LogP contribution in [0.25, 0.3) is 5.76 Å². The van der Waals surface area contributed by atoms with Gasteiger partial charge in [-0.25, -0.2) is 4.79 Å². The van der Waals surface area contributed by atoms with Crippen molar-refractivity contribution in [1.82, 2.24) is 9.80 Å². The molecule has 2 amide bonds. The molecule has 1 spiro atoms. The maximum absolute atomic E-state index is 12.4. The summed E-state index contributed by atoms with van der Waals surface area (Å²) < 4.78 is 51.5. The molecular formula is C32H45BN2O11S. The van der Waals surface area contributed by atoms with Crippen molar-refractivity contribution in [2.24, 2.45) is 0 Å². The van der Waals surface area contributed by atoms with Crippen molar-refractivity contribution in [3.05, 3.63) is 59.7 Å². The molecule has 0 atom stereocenters. The van der Waals surface area contributed by atoms with Gasteiger partial charge >= 0.3 is 23.3 Å². The molecule has 2 aromatic rings. The van der Waals surface area contributed by atoms with Gasteiger partial charge in [-0.1, -0.05) is 18.2 Å². The number of benzene rings is 2. The number of rotatable bonds is 9. The van der Waals surface area contributed by atoms with Gasteiger partial charge in [-0.05, 0) is 64.3 Å². The Morgan fingerprint density at radius 3 is 2.17 bits per heavy atom. The molecule has 2 aliphatic rings. The molecule has 4 rings (SSSR count). The summed E-state index contributed by atoms with van der Waals surface area (Å²) in [6, 6.07) is 11.5. The lowest BCUT2D eigenvalue weighted by atomic mass is 9.80. The van der Waals surface area contributed by atoms with Crippen LogP contribution in [0.4, 0.5) is 4.79 Å². The fourth-order valence-corrected chi connectivity index (χ4v) is 5.46. The molecule has 2 heterocycles.